The number of halogens is 1. The van der Waals surface area contributed by atoms with Crippen molar-refractivity contribution >= 4 is 11.6 Å². The van der Waals surface area contributed by atoms with E-state index in [4.69, 9.17) is 22.3 Å². The molecular weight excluding hydrogens is 282 g/mol. The van der Waals surface area contributed by atoms with E-state index in [0.717, 1.165) is 13.1 Å². The lowest BCUT2D eigenvalue weighted by molar-refractivity contribution is -0.363. The largest absolute Gasteiger partial charge is 0.283 e. The first kappa shape index (κ1) is 20.0. The Morgan fingerprint density at radius 3 is 2.20 bits per heavy atom. The van der Waals surface area contributed by atoms with Gasteiger partial charge in [0.15, 0.2) is 0 Å². The third-order valence-electron chi connectivity index (χ3n) is 3.06. The smallest absolute Gasteiger partial charge is 0.251 e. The molecule has 122 valence electrons. The van der Waals surface area contributed by atoms with Gasteiger partial charge in [-0.05, 0) is 21.1 Å². The molecule has 4 N–H and O–H groups in total. The number of alkyl halides is 1. The van der Waals surface area contributed by atoms with Crippen molar-refractivity contribution in [2.75, 3.05) is 53.8 Å². The van der Waals surface area contributed by atoms with Crippen LogP contribution < -0.4 is 16.6 Å². The third-order valence-corrected chi connectivity index (χ3v) is 3.23. The van der Waals surface area contributed by atoms with E-state index in [0.29, 0.717) is 12.4 Å². The van der Waals surface area contributed by atoms with Gasteiger partial charge in [-0.1, -0.05) is 19.0 Å². The summed E-state index contributed by atoms with van der Waals surface area (Å²) >= 11 is 5.90. The lowest BCUT2D eigenvalue weighted by atomic mass is 10.5. The molecule has 0 fully saturated rings. The summed E-state index contributed by atoms with van der Waals surface area (Å²) in [6.45, 7) is 6.26. The molecule has 8 nitrogen and oxygen atoms in total. The molecule has 0 saturated carbocycles. The minimum Gasteiger partial charge on any atom is -0.283 e. The van der Waals surface area contributed by atoms with Crippen LogP contribution in [-0.4, -0.2) is 79.9 Å². The summed E-state index contributed by atoms with van der Waals surface area (Å²) in [6.07, 6.45) is 0. The van der Waals surface area contributed by atoms with Crippen LogP contribution in [0.1, 0.15) is 13.8 Å². The normalized spacial score (nSPS) is 15.6. The maximum absolute atomic E-state index is 6.05. The molecule has 0 aromatic heterocycles. The van der Waals surface area contributed by atoms with Crippen LogP contribution in [-0.2, 0) is 4.84 Å². The van der Waals surface area contributed by atoms with Gasteiger partial charge in [0.05, 0.1) is 7.11 Å². The van der Waals surface area contributed by atoms with Crippen LogP contribution in [0.2, 0.25) is 0 Å². The summed E-state index contributed by atoms with van der Waals surface area (Å²) in [5.74, 6) is 5.67. The van der Waals surface area contributed by atoms with Crippen molar-refractivity contribution in [3.8, 4) is 0 Å². The predicted octanol–water partition coefficient (Wildman–Crippen LogP) is -0.582. The Bertz CT molecular complexity index is 259. The van der Waals surface area contributed by atoms with Crippen molar-refractivity contribution in [3.63, 3.8) is 0 Å². The van der Waals surface area contributed by atoms with E-state index < -0.39 is 5.91 Å². The highest BCUT2D eigenvalue weighted by molar-refractivity contribution is 6.18. The molecule has 0 aliphatic carbocycles. The molecule has 0 saturated heterocycles. The first-order chi connectivity index (χ1) is 9.45. The van der Waals surface area contributed by atoms with Crippen LogP contribution in [0.5, 0.6) is 0 Å². The number of nitrogens with zero attached hydrogens (tertiary/aromatic N) is 4. The zero-order valence-corrected chi connectivity index (χ0v) is 14.2. The summed E-state index contributed by atoms with van der Waals surface area (Å²) in [4.78, 5) is 7.15. The van der Waals surface area contributed by atoms with E-state index in [1.54, 1.807) is 0 Å². The number of rotatable bonds is 11. The molecule has 0 bridgehead atoms. The molecule has 0 aliphatic heterocycles. The van der Waals surface area contributed by atoms with Gasteiger partial charge in [0.25, 0.3) is 5.91 Å². The molecule has 0 amide bonds. The van der Waals surface area contributed by atoms with Gasteiger partial charge < -0.3 is 0 Å². The first-order valence-corrected chi connectivity index (χ1v) is 7.29. The minimum absolute atomic E-state index is 0.514. The number of nitrogens with two attached hydrogens (primary N) is 1. The second-order valence-electron chi connectivity index (χ2n) is 4.35. The zero-order chi connectivity index (χ0) is 15.8. The predicted molar refractivity (Wildman–Crippen MR) is 82.0 cm³/mol. The quantitative estimate of drug-likeness (QED) is 0.203. The van der Waals surface area contributed by atoms with E-state index >= 15 is 0 Å². The van der Waals surface area contributed by atoms with Crippen LogP contribution >= 0.6 is 11.6 Å². The number of hydroxylamine groups is 1. The van der Waals surface area contributed by atoms with Crippen LogP contribution in [0.25, 0.3) is 0 Å². The monoisotopic (exact) mass is 311 g/mol. The highest BCUT2D eigenvalue weighted by Crippen LogP contribution is 2.18. The van der Waals surface area contributed by atoms with Gasteiger partial charge >= 0.3 is 0 Å². The minimum atomic E-state index is -0.896. The molecule has 1 unspecified atom stereocenters. The van der Waals surface area contributed by atoms with Gasteiger partial charge in [-0.25, -0.2) is 16.3 Å². The number of hydrogen-bond donors (Lipinski definition) is 3. The van der Waals surface area contributed by atoms with E-state index in [2.05, 4.69) is 22.7 Å². The average molecular weight is 312 g/mol. The topological polar surface area (TPSA) is 72.3 Å². The van der Waals surface area contributed by atoms with Gasteiger partial charge in [-0.15, -0.1) is 16.7 Å². The molecule has 0 aromatic rings. The highest BCUT2D eigenvalue weighted by atomic mass is 35.5. The van der Waals surface area contributed by atoms with Gasteiger partial charge in [-0.2, -0.15) is 0 Å². The molecule has 20 heavy (non-hydrogen) atoms. The van der Waals surface area contributed by atoms with Gasteiger partial charge in [0.2, 0.25) is 0 Å². The summed E-state index contributed by atoms with van der Waals surface area (Å²) < 4.78 is 0. The fourth-order valence-corrected chi connectivity index (χ4v) is 2.30. The summed E-state index contributed by atoms with van der Waals surface area (Å²) in [5, 5.41) is 8.42. The second kappa shape index (κ2) is 9.82. The van der Waals surface area contributed by atoms with Crippen LogP contribution in [0.4, 0.5) is 0 Å². The van der Waals surface area contributed by atoms with E-state index in [9.17, 15) is 0 Å². The molecule has 1 atom stereocenters. The Labute approximate surface area is 127 Å². The first-order valence-electron chi connectivity index (χ1n) is 6.76. The maximum Gasteiger partial charge on any atom is 0.251 e. The number of hydrogen-bond acceptors (Lipinski definition) is 8. The zero-order valence-electron chi connectivity index (χ0n) is 13.5. The highest BCUT2D eigenvalue weighted by Gasteiger charge is 2.46. The van der Waals surface area contributed by atoms with Crippen molar-refractivity contribution in [2.24, 2.45) is 5.84 Å². The van der Waals surface area contributed by atoms with Gasteiger partial charge in [-0.3, -0.25) is 15.1 Å². The molecular formula is C11H30ClN7O. The molecule has 0 radical (unpaired) electrons. The lowest BCUT2D eigenvalue weighted by Crippen LogP contribution is -2.81. The van der Waals surface area contributed by atoms with E-state index in [1.807, 2.05) is 38.1 Å². The lowest BCUT2D eigenvalue weighted by Gasteiger charge is -2.53. The Hall–Kier alpha value is -0.0300. The average Bonchev–Trinajstić information content (AvgIpc) is 2.44. The van der Waals surface area contributed by atoms with Crippen molar-refractivity contribution in [1.29, 1.82) is 0 Å². The molecule has 0 spiro atoms. The Morgan fingerprint density at radius 2 is 1.90 bits per heavy atom. The summed E-state index contributed by atoms with van der Waals surface area (Å²) in [6, 6.07) is 0. The molecule has 0 aliphatic rings. The van der Waals surface area contributed by atoms with Gasteiger partial charge in [0.1, 0.15) is 0 Å². The van der Waals surface area contributed by atoms with Crippen molar-refractivity contribution in [2.45, 2.75) is 19.8 Å². The number of nitrogens with one attached hydrogen (secondary N) is 2. The number of hydrazine groups is 3. The Morgan fingerprint density at radius 1 is 1.30 bits per heavy atom. The second-order valence-corrected chi connectivity index (χ2v) is 4.72. The van der Waals surface area contributed by atoms with E-state index in [1.165, 1.54) is 12.3 Å². The standard InChI is InChI=1S/C11H30ClN7O/c1-7-15-19(17(8-2)10-9-12)11(14-3,16(4)5)18(13)20-6/h14-15H,7-10,13H2,1-6H3. The van der Waals surface area contributed by atoms with Crippen LogP contribution in [0.15, 0.2) is 0 Å². The molecule has 9 heteroatoms. The van der Waals surface area contributed by atoms with Crippen molar-refractivity contribution in [1.82, 2.24) is 30.9 Å². The third kappa shape index (κ3) is 4.23. The van der Waals surface area contributed by atoms with Crippen molar-refractivity contribution < 1.29 is 4.84 Å². The van der Waals surface area contributed by atoms with Gasteiger partial charge in [0, 0.05) is 25.5 Å². The van der Waals surface area contributed by atoms with Crippen molar-refractivity contribution in [3.05, 3.63) is 0 Å². The summed E-state index contributed by atoms with van der Waals surface area (Å²) in [7, 11) is 7.16. The summed E-state index contributed by atoms with van der Waals surface area (Å²) in [5.41, 5.74) is 3.30. The fraction of sp³-hybridized carbons (Fsp3) is 1.00. The van der Waals surface area contributed by atoms with Crippen LogP contribution in [0.3, 0.4) is 0 Å². The SMILES string of the molecule is CCNN(N(CC)CCCl)C(NC)(N(C)C)N(N)OC. The van der Waals surface area contributed by atoms with Crippen LogP contribution in [0, 0.1) is 0 Å². The molecule has 0 heterocycles. The maximum atomic E-state index is 6.05. The Kier molecular flexibility index (Phi) is 9.81. The Balaban J connectivity index is 5.61. The molecule has 0 rings (SSSR count). The van der Waals surface area contributed by atoms with E-state index in [-0.39, 0.29) is 0 Å². The molecule has 0 aromatic carbocycles. The fourth-order valence-electron chi connectivity index (χ4n) is 2.10.